The molecule has 4 fully saturated rings. The van der Waals surface area contributed by atoms with Crippen molar-refractivity contribution in [2.75, 3.05) is 52.6 Å². The highest BCUT2D eigenvalue weighted by molar-refractivity contribution is 5.87. The minimum absolute atomic E-state index is 0.252. The quantitative estimate of drug-likeness (QED) is 0.818. The molecule has 24 heavy (non-hydrogen) atoms. The largest absolute Gasteiger partial charge is 0.381 e. The summed E-state index contributed by atoms with van der Waals surface area (Å²) in [5, 5.41) is 3.84. The number of piperidine rings is 1. The highest BCUT2D eigenvalue weighted by atomic mass is 16.5. The monoisotopic (exact) mass is 337 g/mol. The Morgan fingerprint density at radius 2 is 1.71 bits per heavy atom. The number of carbonyl (C=O) groups is 1. The van der Waals surface area contributed by atoms with E-state index < -0.39 is 0 Å². The molecule has 4 rings (SSSR count). The van der Waals surface area contributed by atoms with Crippen LogP contribution in [0, 0.1) is 0 Å². The predicted octanol–water partition coefficient (Wildman–Crippen LogP) is 0.611. The van der Waals surface area contributed by atoms with E-state index in [4.69, 9.17) is 9.47 Å². The highest BCUT2D eigenvalue weighted by Crippen LogP contribution is 2.39. The summed E-state index contributed by atoms with van der Waals surface area (Å²) < 4.78 is 10.9. The maximum absolute atomic E-state index is 13.4. The first-order chi connectivity index (χ1) is 11.8. The third-order valence-corrected chi connectivity index (χ3v) is 6.29. The smallest absolute Gasteiger partial charge is 0.243 e. The molecule has 4 saturated heterocycles. The summed E-state index contributed by atoms with van der Waals surface area (Å²) in [4.78, 5) is 17.9. The Balaban J connectivity index is 1.45. The molecule has 0 bridgehead atoms. The topological polar surface area (TPSA) is 54.0 Å². The number of ether oxygens (including phenoxy) is 2. The molecule has 0 radical (unpaired) electrons. The van der Waals surface area contributed by atoms with Crippen molar-refractivity contribution in [3.63, 3.8) is 0 Å². The number of amides is 1. The summed E-state index contributed by atoms with van der Waals surface area (Å²) >= 11 is 0. The molecule has 2 atom stereocenters. The van der Waals surface area contributed by atoms with Crippen LogP contribution in [0.15, 0.2) is 0 Å². The molecule has 0 aromatic carbocycles. The molecule has 0 aromatic heterocycles. The fourth-order valence-electron chi connectivity index (χ4n) is 5.03. The van der Waals surface area contributed by atoms with E-state index in [0.717, 1.165) is 65.1 Å². The van der Waals surface area contributed by atoms with Crippen molar-refractivity contribution in [3.05, 3.63) is 0 Å². The van der Waals surface area contributed by atoms with Crippen molar-refractivity contribution >= 4 is 5.91 Å². The van der Waals surface area contributed by atoms with Crippen LogP contribution in [-0.2, 0) is 14.3 Å². The number of nitrogens with zero attached hydrogens (tertiary/aromatic N) is 2. The molecule has 4 heterocycles. The van der Waals surface area contributed by atoms with E-state index in [1.54, 1.807) is 0 Å². The van der Waals surface area contributed by atoms with Gasteiger partial charge in [0.15, 0.2) is 0 Å². The number of nitrogens with one attached hydrogen (secondary N) is 1. The van der Waals surface area contributed by atoms with Crippen LogP contribution in [0.1, 0.15) is 38.5 Å². The van der Waals surface area contributed by atoms with Gasteiger partial charge >= 0.3 is 0 Å². The molecule has 6 nitrogen and oxygen atoms in total. The van der Waals surface area contributed by atoms with Crippen molar-refractivity contribution in [1.29, 1.82) is 0 Å². The summed E-state index contributed by atoms with van der Waals surface area (Å²) in [5.74, 6) is 0.363. The van der Waals surface area contributed by atoms with E-state index in [2.05, 4.69) is 15.1 Å². The van der Waals surface area contributed by atoms with Gasteiger partial charge in [-0.3, -0.25) is 9.69 Å². The van der Waals surface area contributed by atoms with Crippen molar-refractivity contribution in [1.82, 2.24) is 15.1 Å². The van der Waals surface area contributed by atoms with Crippen LogP contribution in [0.25, 0.3) is 0 Å². The summed E-state index contributed by atoms with van der Waals surface area (Å²) in [5.41, 5.74) is -0.252. The zero-order chi connectivity index (χ0) is 16.4. The maximum Gasteiger partial charge on any atom is 0.243 e. The molecule has 4 aliphatic heterocycles. The molecular weight excluding hydrogens is 306 g/mol. The number of rotatable bonds is 3. The average molecular weight is 337 g/mol. The van der Waals surface area contributed by atoms with Crippen molar-refractivity contribution in [3.8, 4) is 0 Å². The van der Waals surface area contributed by atoms with Gasteiger partial charge in [0.2, 0.25) is 5.91 Å². The lowest BCUT2D eigenvalue weighted by Crippen LogP contribution is -2.60. The van der Waals surface area contributed by atoms with Crippen LogP contribution < -0.4 is 5.32 Å². The van der Waals surface area contributed by atoms with Gasteiger partial charge in [0.25, 0.3) is 0 Å². The number of fused-ring (bicyclic) bond motifs is 1. The second kappa shape index (κ2) is 7.28. The molecule has 6 heteroatoms. The molecule has 0 spiro atoms. The van der Waals surface area contributed by atoms with E-state index in [1.807, 2.05) is 0 Å². The van der Waals surface area contributed by atoms with Gasteiger partial charge in [-0.2, -0.15) is 0 Å². The molecule has 0 aliphatic carbocycles. The van der Waals surface area contributed by atoms with Crippen LogP contribution in [0.4, 0.5) is 0 Å². The maximum atomic E-state index is 13.4. The van der Waals surface area contributed by atoms with Crippen molar-refractivity contribution < 1.29 is 14.3 Å². The third-order valence-electron chi connectivity index (χ3n) is 6.29. The Bertz CT molecular complexity index is 449. The molecule has 1 N–H and O–H groups in total. The Hall–Kier alpha value is -0.690. The van der Waals surface area contributed by atoms with Gasteiger partial charge in [0.1, 0.15) is 5.54 Å². The summed E-state index contributed by atoms with van der Waals surface area (Å²) in [6.07, 6.45) is 6.59. The van der Waals surface area contributed by atoms with Crippen LogP contribution >= 0.6 is 0 Å². The second-order valence-electron chi connectivity index (χ2n) is 7.79. The van der Waals surface area contributed by atoms with Gasteiger partial charge in [-0.25, -0.2) is 0 Å². The van der Waals surface area contributed by atoms with Crippen molar-refractivity contribution in [2.45, 2.75) is 56.1 Å². The summed E-state index contributed by atoms with van der Waals surface area (Å²) in [6.45, 7) is 6.71. The van der Waals surface area contributed by atoms with E-state index in [1.165, 1.54) is 12.8 Å². The lowest BCUT2D eigenvalue weighted by Gasteiger charge is -2.44. The second-order valence-corrected chi connectivity index (χ2v) is 7.79. The Kier molecular flexibility index (Phi) is 5.08. The van der Waals surface area contributed by atoms with Gasteiger partial charge in [-0.05, 0) is 45.1 Å². The third kappa shape index (κ3) is 3.21. The van der Waals surface area contributed by atoms with Crippen LogP contribution in [0.2, 0.25) is 0 Å². The van der Waals surface area contributed by atoms with Crippen LogP contribution in [0.5, 0.6) is 0 Å². The van der Waals surface area contributed by atoms with E-state index >= 15 is 0 Å². The first-order valence-electron chi connectivity index (χ1n) is 9.74. The fraction of sp³-hybridized carbons (Fsp3) is 0.944. The summed E-state index contributed by atoms with van der Waals surface area (Å²) in [6, 6.07) is 0.997. The fourth-order valence-corrected chi connectivity index (χ4v) is 5.03. The van der Waals surface area contributed by atoms with Gasteiger partial charge in [0, 0.05) is 44.9 Å². The minimum Gasteiger partial charge on any atom is -0.381 e. The lowest BCUT2D eigenvalue weighted by molar-refractivity contribution is -0.149. The number of hydrogen-bond donors (Lipinski definition) is 1. The first-order valence-corrected chi connectivity index (χ1v) is 9.74. The molecule has 4 aliphatic rings. The molecule has 0 aromatic rings. The first kappa shape index (κ1) is 16.8. The Morgan fingerprint density at radius 1 is 0.958 bits per heavy atom. The number of carbonyl (C=O) groups excluding carboxylic acids is 1. The van der Waals surface area contributed by atoms with Gasteiger partial charge in [0.05, 0.1) is 13.2 Å². The molecule has 0 unspecified atom stereocenters. The summed E-state index contributed by atoms with van der Waals surface area (Å²) in [7, 11) is 0. The zero-order valence-corrected chi connectivity index (χ0v) is 14.7. The van der Waals surface area contributed by atoms with Crippen LogP contribution in [-0.4, -0.2) is 85.9 Å². The average Bonchev–Trinajstić information content (AvgIpc) is 3.01. The predicted molar refractivity (Wildman–Crippen MR) is 90.9 cm³/mol. The normalized spacial score (nSPS) is 35.8. The van der Waals surface area contributed by atoms with Crippen molar-refractivity contribution in [2.24, 2.45) is 0 Å². The van der Waals surface area contributed by atoms with Gasteiger partial charge in [-0.1, -0.05) is 0 Å². The number of morpholine rings is 1. The van der Waals surface area contributed by atoms with E-state index in [9.17, 15) is 4.79 Å². The van der Waals surface area contributed by atoms with E-state index in [0.29, 0.717) is 31.2 Å². The van der Waals surface area contributed by atoms with Gasteiger partial charge < -0.3 is 19.7 Å². The number of hydrogen-bond acceptors (Lipinski definition) is 5. The zero-order valence-electron chi connectivity index (χ0n) is 14.7. The standard InChI is InChI=1S/C18H31N3O3/c22-17(20-7-11-24-12-8-20)18-5-1-2-6-21(18)14-16(13-18)19-15-3-9-23-10-4-15/h15-16,19H,1-14H2/t16-,18-/m0/s1. The van der Waals surface area contributed by atoms with Gasteiger partial charge in [-0.15, -0.1) is 0 Å². The molecular formula is C18H31N3O3. The molecule has 0 saturated carbocycles. The Morgan fingerprint density at radius 3 is 2.50 bits per heavy atom. The lowest BCUT2D eigenvalue weighted by atomic mass is 9.84. The Labute approximate surface area is 144 Å². The highest BCUT2D eigenvalue weighted by Gasteiger charge is 2.53. The van der Waals surface area contributed by atoms with E-state index in [-0.39, 0.29) is 5.54 Å². The van der Waals surface area contributed by atoms with Crippen LogP contribution in [0.3, 0.4) is 0 Å². The minimum atomic E-state index is -0.252. The SMILES string of the molecule is O=C(N1CCOCC1)[C@@]12CCCCN1C[C@@H](NC1CCOCC1)C2. The molecule has 1 amide bonds. The molecule has 136 valence electrons.